The highest BCUT2D eigenvalue weighted by molar-refractivity contribution is 5.82. The minimum atomic E-state index is 0.237. The lowest BCUT2D eigenvalue weighted by molar-refractivity contribution is -0.124. The fraction of sp³-hybridized carbons (Fsp3) is 0.933. The number of nitrogens with one attached hydrogen (secondary N) is 2. The van der Waals surface area contributed by atoms with Crippen LogP contribution in [0.25, 0.3) is 0 Å². The monoisotopic (exact) mass is 266 g/mol. The third kappa shape index (κ3) is 2.52. The van der Waals surface area contributed by atoms with Gasteiger partial charge in [0.1, 0.15) is 0 Å². The molecule has 19 heavy (non-hydrogen) atoms. The predicted molar refractivity (Wildman–Crippen MR) is 73.8 cm³/mol. The average molecular weight is 266 g/mol. The van der Waals surface area contributed by atoms with Crippen LogP contribution in [0.4, 0.5) is 0 Å². The van der Waals surface area contributed by atoms with Gasteiger partial charge in [-0.15, -0.1) is 0 Å². The molecule has 1 saturated heterocycles. The number of rotatable bonds is 5. The summed E-state index contributed by atoms with van der Waals surface area (Å²) >= 11 is 0. The summed E-state index contributed by atoms with van der Waals surface area (Å²) in [6.07, 6.45) is 7.13. The maximum atomic E-state index is 12.3. The fourth-order valence-corrected chi connectivity index (χ4v) is 3.95. The Hall–Kier alpha value is -0.610. The maximum absolute atomic E-state index is 12.3. The molecule has 0 aromatic rings. The molecule has 2 aliphatic carbocycles. The Labute approximate surface area is 115 Å². The standard InChI is InChI=1S/C15H26N2O2/c1-19-11-14(3-2-4-14)10-17-13(18)12-9-15(12)5-7-16-8-6-15/h12,16H,2-11H2,1H3,(H,17,18)/t12-/m0/s1. The Morgan fingerprint density at radius 1 is 1.32 bits per heavy atom. The lowest BCUT2D eigenvalue weighted by Gasteiger charge is -2.41. The number of hydrogen-bond acceptors (Lipinski definition) is 3. The van der Waals surface area contributed by atoms with Crippen molar-refractivity contribution < 1.29 is 9.53 Å². The van der Waals surface area contributed by atoms with Gasteiger partial charge in [-0.1, -0.05) is 6.42 Å². The van der Waals surface area contributed by atoms with E-state index in [2.05, 4.69) is 10.6 Å². The summed E-state index contributed by atoms with van der Waals surface area (Å²) in [5.41, 5.74) is 0.587. The molecule has 0 bridgehead atoms. The lowest BCUT2D eigenvalue weighted by Crippen LogP contribution is -2.46. The number of methoxy groups -OCH3 is 1. The van der Waals surface area contributed by atoms with Gasteiger partial charge in [-0.25, -0.2) is 0 Å². The van der Waals surface area contributed by atoms with E-state index >= 15 is 0 Å². The fourth-order valence-electron chi connectivity index (χ4n) is 3.95. The highest BCUT2D eigenvalue weighted by atomic mass is 16.5. The largest absolute Gasteiger partial charge is 0.384 e. The third-order valence-corrected chi connectivity index (χ3v) is 5.61. The van der Waals surface area contributed by atoms with Crippen LogP contribution in [0.5, 0.6) is 0 Å². The average Bonchev–Trinajstić information content (AvgIpc) is 3.07. The summed E-state index contributed by atoms with van der Waals surface area (Å²) in [5, 5.41) is 6.59. The van der Waals surface area contributed by atoms with Crippen LogP contribution in [0.3, 0.4) is 0 Å². The van der Waals surface area contributed by atoms with Gasteiger partial charge in [0.05, 0.1) is 6.61 Å². The zero-order valence-corrected chi connectivity index (χ0v) is 12.0. The van der Waals surface area contributed by atoms with Gasteiger partial charge in [-0.05, 0) is 50.6 Å². The van der Waals surface area contributed by atoms with E-state index in [0.717, 1.165) is 32.7 Å². The van der Waals surface area contributed by atoms with Crippen LogP contribution in [0.1, 0.15) is 38.5 Å². The van der Waals surface area contributed by atoms with Crippen molar-refractivity contribution in [3.63, 3.8) is 0 Å². The second-order valence-electron chi connectivity index (χ2n) is 6.87. The van der Waals surface area contributed by atoms with Crippen LogP contribution in [0.2, 0.25) is 0 Å². The first-order chi connectivity index (χ1) is 9.20. The first kappa shape index (κ1) is 13.4. The number of ether oxygens (including phenoxy) is 1. The summed E-state index contributed by atoms with van der Waals surface area (Å²) < 4.78 is 5.31. The van der Waals surface area contributed by atoms with E-state index in [1.54, 1.807) is 7.11 Å². The van der Waals surface area contributed by atoms with Crippen LogP contribution in [-0.4, -0.2) is 39.3 Å². The van der Waals surface area contributed by atoms with Crippen molar-refractivity contribution in [3.8, 4) is 0 Å². The van der Waals surface area contributed by atoms with E-state index in [-0.39, 0.29) is 11.3 Å². The van der Waals surface area contributed by atoms with Crippen molar-refractivity contribution in [1.82, 2.24) is 10.6 Å². The molecule has 3 rings (SSSR count). The number of carbonyl (C=O) groups excluding carboxylic acids is 1. The molecule has 1 amide bonds. The lowest BCUT2D eigenvalue weighted by atomic mass is 9.69. The molecule has 2 N–H and O–H groups in total. The van der Waals surface area contributed by atoms with Crippen LogP contribution >= 0.6 is 0 Å². The van der Waals surface area contributed by atoms with Gasteiger partial charge in [0.25, 0.3) is 0 Å². The molecule has 3 aliphatic rings. The Balaban J connectivity index is 1.47. The van der Waals surface area contributed by atoms with Crippen LogP contribution in [0.15, 0.2) is 0 Å². The van der Waals surface area contributed by atoms with Crippen LogP contribution < -0.4 is 10.6 Å². The van der Waals surface area contributed by atoms with Gasteiger partial charge in [0.2, 0.25) is 5.91 Å². The first-order valence-corrected chi connectivity index (χ1v) is 7.67. The summed E-state index contributed by atoms with van der Waals surface area (Å²) in [6.45, 7) is 3.76. The normalized spacial score (nSPS) is 30.7. The zero-order valence-electron chi connectivity index (χ0n) is 12.0. The Morgan fingerprint density at radius 3 is 2.63 bits per heavy atom. The Bertz CT molecular complexity index is 346. The minimum absolute atomic E-state index is 0.237. The van der Waals surface area contributed by atoms with Gasteiger partial charge in [0.15, 0.2) is 0 Å². The first-order valence-electron chi connectivity index (χ1n) is 7.67. The van der Waals surface area contributed by atoms with E-state index in [1.807, 2.05) is 0 Å². The summed E-state index contributed by atoms with van der Waals surface area (Å²) in [5.74, 6) is 0.582. The molecule has 1 spiro atoms. The predicted octanol–water partition coefficient (Wildman–Crippen LogP) is 1.31. The Morgan fingerprint density at radius 2 is 2.05 bits per heavy atom. The Kier molecular flexibility index (Phi) is 3.56. The second kappa shape index (κ2) is 5.06. The van der Waals surface area contributed by atoms with Gasteiger partial charge >= 0.3 is 0 Å². The summed E-state index contributed by atoms with van der Waals surface area (Å²) in [6, 6.07) is 0. The van der Waals surface area contributed by atoms with Crippen molar-refractivity contribution in [1.29, 1.82) is 0 Å². The SMILES string of the molecule is COCC1(CNC(=O)[C@@H]2CC23CCNCC3)CCC1. The molecular weight excluding hydrogens is 240 g/mol. The van der Waals surface area contributed by atoms with Gasteiger partial charge in [0, 0.05) is 25.0 Å². The molecule has 3 fully saturated rings. The minimum Gasteiger partial charge on any atom is -0.384 e. The van der Waals surface area contributed by atoms with Gasteiger partial charge < -0.3 is 15.4 Å². The molecule has 0 unspecified atom stereocenters. The molecule has 0 aromatic heterocycles. The van der Waals surface area contributed by atoms with Crippen molar-refractivity contribution in [3.05, 3.63) is 0 Å². The molecule has 4 heteroatoms. The van der Waals surface area contributed by atoms with E-state index < -0.39 is 0 Å². The molecule has 2 saturated carbocycles. The van der Waals surface area contributed by atoms with E-state index in [4.69, 9.17) is 4.74 Å². The van der Waals surface area contributed by atoms with Gasteiger partial charge in [-0.2, -0.15) is 0 Å². The highest BCUT2D eigenvalue weighted by Gasteiger charge is 2.57. The summed E-state index contributed by atoms with van der Waals surface area (Å²) in [4.78, 5) is 12.3. The van der Waals surface area contributed by atoms with Crippen molar-refractivity contribution in [2.75, 3.05) is 33.4 Å². The highest BCUT2D eigenvalue weighted by Crippen LogP contribution is 2.58. The van der Waals surface area contributed by atoms with E-state index in [9.17, 15) is 4.79 Å². The summed E-state index contributed by atoms with van der Waals surface area (Å²) in [7, 11) is 1.76. The van der Waals surface area contributed by atoms with Crippen molar-refractivity contribution >= 4 is 5.91 Å². The number of amides is 1. The molecule has 1 aliphatic heterocycles. The van der Waals surface area contributed by atoms with E-state index in [0.29, 0.717) is 11.3 Å². The van der Waals surface area contributed by atoms with Crippen molar-refractivity contribution in [2.45, 2.75) is 38.5 Å². The quantitative estimate of drug-likeness (QED) is 0.789. The molecule has 1 atom stereocenters. The maximum Gasteiger partial charge on any atom is 0.223 e. The van der Waals surface area contributed by atoms with Crippen molar-refractivity contribution in [2.24, 2.45) is 16.7 Å². The number of piperidine rings is 1. The third-order valence-electron chi connectivity index (χ3n) is 5.61. The molecule has 4 nitrogen and oxygen atoms in total. The van der Waals surface area contributed by atoms with Gasteiger partial charge in [-0.3, -0.25) is 4.79 Å². The smallest absolute Gasteiger partial charge is 0.223 e. The topological polar surface area (TPSA) is 50.4 Å². The molecule has 0 radical (unpaired) electrons. The number of hydrogen-bond donors (Lipinski definition) is 2. The molecule has 108 valence electrons. The second-order valence-corrected chi connectivity index (χ2v) is 6.87. The molecule has 0 aromatic carbocycles. The van der Waals surface area contributed by atoms with Crippen LogP contribution in [0, 0.1) is 16.7 Å². The molecular formula is C15H26N2O2. The molecule has 1 heterocycles. The van der Waals surface area contributed by atoms with E-state index in [1.165, 1.54) is 32.1 Å². The van der Waals surface area contributed by atoms with Crippen LogP contribution in [-0.2, 0) is 9.53 Å². The zero-order chi connectivity index (χ0) is 13.3. The number of carbonyl (C=O) groups is 1.